The van der Waals surface area contributed by atoms with Gasteiger partial charge in [-0.2, -0.15) is 0 Å². The first-order valence-corrected chi connectivity index (χ1v) is 9.71. The Morgan fingerprint density at radius 2 is 1.15 bits per heavy atom. The van der Waals surface area contributed by atoms with E-state index < -0.39 is 0 Å². The molecule has 0 amide bonds. The molecule has 0 aliphatic heterocycles. The van der Waals surface area contributed by atoms with Gasteiger partial charge in [-0.05, 0) is 0 Å². The van der Waals surface area contributed by atoms with Gasteiger partial charge in [-0.1, -0.05) is 0 Å². The second-order valence-electron chi connectivity index (χ2n) is 6.79. The summed E-state index contributed by atoms with van der Waals surface area (Å²) in [5, 5.41) is 0. The van der Waals surface area contributed by atoms with Gasteiger partial charge in [-0.15, -0.1) is 0 Å². The molecular weight excluding hydrogens is 348 g/mol. The number of fused-ring (bicyclic) bond motifs is 3. The molecule has 0 aromatic heterocycles. The van der Waals surface area contributed by atoms with E-state index >= 15 is 0 Å². The summed E-state index contributed by atoms with van der Waals surface area (Å²) in [4.78, 5) is 0. The summed E-state index contributed by atoms with van der Waals surface area (Å²) < 4.78 is 1.41. The standard InChI is InChI=1S/C25H17.Ti/c1-3-7-18(8-4-1)20-11-13-24-22(15-20)17-23-16-21(12-14-25(23)24)19-9-5-2-6-10-19;/h1-15H,17H2;. The first-order valence-electron chi connectivity index (χ1n) is 8.93. The van der Waals surface area contributed by atoms with Gasteiger partial charge in [0.05, 0.1) is 0 Å². The zero-order valence-electron chi connectivity index (χ0n) is 14.4. The van der Waals surface area contributed by atoms with Crippen molar-refractivity contribution in [2.75, 3.05) is 0 Å². The fraction of sp³-hybridized carbons (Fsp3) is 0.0400. The van der Waals surface area contributed by atoms with Crippen LogP contribution in [-0.2, 0) is 26.9 Å². The van der Waals surface area contributed by atoms with Crippen molar-refractivity contribution in [3.8, 4) is 33.4 Å². The summed E-state index contributed by atoms with van der Waals surface area (Å²) in [6.45, 7) is 0. The van der Waals surface area contributed by atoms with Crippen LogP contribution >= 0.6 is 0 Å². The van der Waals surface area contributed by atoms with Gasteiger partial charge in [0.2, 0.25) is 0 Å². The van der Waals surface area contributed by atoms with E-state index in [0.29, 0.717) is 0 Å². The van der Waals surface area contributed by atoms with Gasteiger partial charge < -0.3 is 0 Å². The molecule has 0 fully saturated rings. The molecule has 0 atom stereocenters. The van der Waals surface area contributed by atoms with Crippen LogP contribution in [0.25, 0.3) is 33.4 Å². The van der Waals surface area contributed by atoms with Crippen molar-refractivity contribution >= 4 is 3.87 Å². The average molecular weight is 365 g/mol. The normalized spacial score (nSPS) is 11.8. The van der Waals surface area contributed by atoms with E-state index in [2.05, 4.69) is 111 Å². The molecule has 0 unspecified atom stereocenters. The number of rotatable bonds is 2. The van der Waals surface area contributed by atoms with Crippen LogP contribution in [0.5, 0.6) is 0 Å². The zero-order chi connectivity index (χ0) is 17.5. The van der Waals surface area contributed by atoms with Crippen molar-refractivity contribution in [2.24, 2.45) is 0 Å². The Bertz CT molecular complexity index is 1100. The van der Waals surface area contributed by atoms with Gasteiger partial charge >= 0.3 is 166 Å². The SMILES string of the molecule is [Ti][c]1c(-c2ccccc2)ccc2c1Cc1cc(-c3ccccc3)ccc1-2. The Balaban J connectivity index is 1.60. The van der Waals surface area contributed by atoms with Crippen LogP contribution in [0.2, 0.25) is 0 Å². The topological polar surface area (TPSA) is 0 Å². The first kappa shape index (κ1) is 15.8. The van der Waals surface area contributed by atoms with E-state index in [1.165, 1.54) is 48.4 Å². The fourth-order valence-corrected chi connectivity index (χ4v) is 4.65. The molecule has 0 radical (unpaired) electrons. The molecule has 0 spiro atoms. The Hall–Kier alpha value is -2.41. The predicted molar refractivity (Wildman–Crippen MR) is 105 cm³/mol. The Morgan fingerprint density at radius 3 is 1.88 bits per heavy atom. The van der Waals surface area contributed by atoms with Crippen LogP contribution in [0.1, 0.15) is 11.1 Å². The van der Waals surface area contributed by atoms with Gasteiger partial charge in [0.15, 0.2) is 0 Å². The first-order chi connectivity index (χ1) is 12.8. The summed E-state index contributed by atoms with van der Waals surface area (Å²) >= 11 is 2.27. The zero-order valence-corrected chi connectivity index (χ0v) is 15.9. The predicted octanol–water partition coefficient (Wildman–Crippen LogP) is 5.76. The molecule has 1 heteroatoms. The molecule has 0 nitrogen and oxygen atoms in total. The second-order valence-corrected chi connectivity index (χ2v) is 7.58. The molecule has 121 valence electrons. The van der Waals surface area contributed by atoms with E-state index in [-0.39, 0.29) is 0 Å². The van der Waals surface area contributed by atoms with Gasteiger partial charge in [0.1, 0.15) is 0 Å². The molecular formula is C25H17Ti. The summed E-state index contributed by atoms with van der Waals surface area (Å²) in [7, 11) is 0. The van der Waals surface area contributed by atoms with Crippen LogP contribution in [-0.4, -0.2) is 0 Å². The number of hydrogen-bond acceptors (Lipinski definition) is 0. The van der Waals surface area contributed by atoms with E-state index in [0.717, 1.165) is 6.42 Å². The van der Waals surface area contributed by atoms with Crippen molar-refractivity contribution in [1.29, 1.82) is 0 Å². The molecule has 4 aromatic carbocycles. The Kier molecular flexibility index (Phi) is 3.89. The molecule has 0 saturated carbocycles. The second kappa shape index (κ2) is 6.39. The molecule has 0 bridgehead atoms. The number of benzene rings is 4. The average Bonchev–Trinajstić information content (AvgIpc) is 3.08. The summed E-state index contributed by atoms with van der Waals surface area (Å²) in [5.74, 6) is 0. The summed E-state index contributed by atoms with van der Waals surface area (Å²) in [6.07, 6.45) is 1.03. The molecule has 4 aromatic rings. The van der Waals surface area contributed by atoms with Crippen molar-refractivity contribution in [1.82, 2.24) is 0 Å². The Labute approximate surface area is 165 Å². The van der Waals surface area contributed by atoms with Crippen LogP contribution in [0, 0.1) is 0 Å². The van der Waals surface area contributed by atoms with Gasteiger partial charge in [-0.25, -0.2) is 0 Å². The monoisotopic (exact) mass is 365 g/mol. The third-order valence-electron chi connectivity index (χ3n) is 5.27. The van der Waals surface area contributed by atoms with Gasteiger partial charge in [0.25, 0.3) is 0 Å². The number of hydrogen-bond donors (Lipinski definition) is 0. The van der Waals surface area contributed by atoms with Crippen molar-refractivity contribution in [3.63, 3.8) is 0 Å². The summed E-state index contributed by atoms with van der Waals surface area (Å²) in [5.41, 5.74) is 10.9. The molecule has 1 aliphatic carbocycles. The Morgan fingerprint density at radius 1 is 0.538 bits per heavy atom. The van der Waals surface area contributed by atoms with Crippen LogP contribution in [0.15, 0.2) is 91.0 Å². The van der Waals surface area contributed by atoms with Crippen molar-refractivity contribution in [3.05, 3.63) is 102 Å². The maximum atomic E-state index is 2.37. The van der Waals surface area contributed by atoms with E-state index in [1.807, 2.05) is 0 Å². The van der Waals surface area contributed by atoms with E-state index in [1.54, 1.807) is 0 Å². The van der Waals surface area contributed by atoms with Crippen LogP contribution < -0.4 is 3.87 Å². The molecule has 26 heavy (non-hydrogen) atoms. The van der Waals surface area contributed by atoms with Crippen molar-refractivity contribution < 1.29 is 20.4 Å². The fourth-order valence-electron chi connectivity index (χ4n) is 3.95. The quantitative estimate of drug-likeness (QED) is 0.349. The minimum atomic E-state index is 1.03. The summed E-state index contributed by atoms with van der Waals surface area (Å²) in [6, 6.07) is 32.9. The molecule has 5 rings (SSSR count). The van der Waals surface area contributed by atoms with E-state index in [9.17, 15) is 0 Å². The third kappa shape index (κ3) is 2.58. The van der Waals surface area contributed by atoms with Gasteiger partial charge in [-0.3, -0.25) is 0 Å². The maximum absolute atomic E-state index is 2.37. The molecule has 0 N–H and O–H groups in total. The third-order valence-corrected chi connectivity index (χ3v) is 6.16. The van der Waals surface area contributed by atoms with Crippen molar-refractivity contribution in [2.45, 2.75) is 6.42 Å². The molecule has 0 heterocycles. The molecule has 1 aliphatic rings. The van der Waals surface area contributed by atoms with Crippen LogP contribution in [0.4, 0.5) is 0 Å². The minimum absolute atomic E-state index is 1.03. The van der Waals surface area contributed by atoms with Gasteiger partial charge in [0, 0.05) is 0 Å². The molecule has 0 saturated heterocycles. The van der Waals surface area contributed by atoms with Crippen LogP contribution in [0.3, 0.4) is 0 Å². The van der Waals surface area contributed by atoms with E-state index in [4.69, 9.17) is 0 Å².